The third-order valence-electron chi connectivity index (χ3n) is 4.83. The molecule has 21 heavy (non-hydrogen) atoms. The standard InChI is InChI=1S/C13H28N4O4/c14-5-1-2-9(8(17)4-18)21-13(5)10-6(15)3-7(16)11(19)12(10)20/h5-13,18-20H,1-4,14-17H2/t5-,6+,7-,8-,9+,10?,11+,12?,13+/m1/s1. The monoisotopic (exact) mass is 304 g/mol. The minimum Gasteiger partial charge on any atom is -0.395 e. The number of nitrogens with two attached hydrogens (primary N) is 4. The molecule has 2 fully saturated rings. The molecule has 2 unspecified atom stereocenters. The number of aliphatic hydroxyl groups is 3. The molecule has 0 bridgehead atoms. The molecule has 1 aliphatic heterocycles. The first-order chi connectivity index (χ1) is 9.86. The lowest BCUT2D eigenvalue weighted by Crippen LogP contribution is -2.65. The van der Waals surface area contributed by atoms with E-state index in [9.17, 15) is 10.2 Å². The fourth-order valence-electron chi connectivity index (χ4n) is 3.48. The minimum absolute atomic E-state index is 0.181. The van der Waals surface area contributed by atoms with Crippen LogP contribution in [-0.4, -0.2) is 70.5 Å². The van der Waals surface area contributed by atoms with E-state index in [2.05, 4.69) is 0 Å². The average Bonchev–Trinajstić information content (AvgIpc) is 2.46. The van der Waals surface area contributed by atoms with Gasteiger partial charge in [0.05, 0.1) is 37.1 Å². The summed E-state index contributed by atoms with van der Waals surface area (Å²) >= 11 is 0. The van der Waals surface area contributed by atoms with E-state index in [1.165, 1.54) is 0 Å². The molecule has 8 nitrogen and oxygen atoms in total. The van der Waals surface area contributed by atoms with Gasteiger partial charge in [0, 0.05) is 24.0 Å². The summed E-state index contributed by atoms with van der Waals surface area (Å²) in [6.07, 6.45) is -1.24. The molecule has 1 saturated heterocycles. The van der Waals surface area contributed by atoms with Gasteiger partial charge in [-0.3, -0.25) is 0 Å². The predicted octanol–water partition coefficient (Wildman–Crippen LogP) is -3.42. The predicted molar refractivity (Wildman–Crippen MR) is 77.0 cm³/mol. The molecule has 1 saturated carbocycles. The second-order valence-corrected chi connectivity index (χ2v) is 6.35. The van der Waals surface area contributed by atoms with E-state index in [0.29, 0.717) is 19.3 Å². The maximum atomic E-state index is 10.3. The van der Waals surface area contributed by atoms with Gasteiger partial charge in [-0.15, -0.1) is 0 Å². The van der Waals surface area contributed by atoms with Gasteiger partial charge >= 0.3 is 0 Å². The first-order valence-electron chi connectivity index (χ1n) is 7.51. The summed E-state index contributed by atoms with van der Waals surface area (Å²) < 4.78 is 5.91. The Hall–Kier alpha value is -0.320. The highest BCUT2D eigenvalue weighted by Crippen LogP contribution is 2.33. The zero-order valence-electron chi connectivity index (χ0n) is 12.1. The molecule has 1 aliphatic carbocycles. The van der Waals surface area contributed by atoms with Gasteiger partial charge in [0.15, 0.2) is 0 Å². The summed E-state index contributed by atoms with van der Waals surface area (Å²) in [5, 5.41) is 29.4. The highest BCUT2D eigenvalue weighted by molar-refractivity contribution is 5.03. The molecule has 2 aliphatic rings. The zero-order chi connectivity index (χ0) is 15.7. The van der Waals surface area contributed by atoms with Crippen molar-refractivity contribution in [3.05, 3.63) is 0 Å². The van der Waals surface area contributed by atoms with Crippen LogP contribution in [0.3, 0.4) is 0 Å². The molecule has 0 spiro atoms. The molecule has 1 heterocycles. The van der Waals surface area contributed by atoms with E-state index in [1.807, 2.05) is 0 Å². The molecule has 0 radical (unpaired) electrons. The third-order valence-corrected chi connectivity index (χ3v) is 4.83. The van der Waals surface area contributed by atoms with Crippen LogP contribution in [0.5, 0.6) is 0 Å². The van der Waals surface area contributed by atoms with Crippen molar-refractivity contribution in [3.8, 4) is 0 Å². The van der Waals surface area contributed by atoms with Gasteiger partial charge in [-0.1, -0.05) is 0 Å². The molecular formula is C13H28N4O4. The summed E-state index contributed by atoms with van der Waals surface area (Å²) in [6, 6.07) is -1.75. The van der Waals surface area contributed by atoms with E-state index in [4.69, 9.17) is 32.8 Å². The molecule has 8 heteroatoms. The van der Waals surface area contributed by atoms with Crippen LogP contribution in [0.4, 0.5) is 0 Å². The van der Waals surface area contributed by atoms with Crippen LogP contribution < -0.4 is 22.9 Å². The van der Waals surface area contributed by atoms with Gasteiger partial charge in [-0.2, -0.15) is 0 Å². The fourth-order valence-corrected chi connectivity index (χ4v) is 3.48. The van der Waals surface area contributed by atoms with E-state index in [0.717, 1.165) is 0 Å². The first-order valence-corrected chi connectivity index (χ1v) is 7.51. The Bertz CT molecular complexity index is 348. The second kappa shape index (κ2) is 6.84. The summed E-state index contributed by atoms with van der Waals surface area (Å²) in [6.45, 7) is -0.181. The lowest BCUT2D eigenvalue weighted by Gasteiger charge is -2.48. The van der Waals surface area contributed by atoms with E-state index < -0.39 is 42.4 Å². The summed E-state index contributed by atoms with van der Waals surface area (Å²) in [5.74, 6) is -0.497. The molecular weight excluding hydrogens is 276 g/mol. The molecule has 0 amide bonds. The van der Waals surface area contributed by atoms with E-state index in [1.54, 1.807) is 0 Å². The van der Waals surface area contributed by atoms with Gasteiger partial charge < -0.3 is 43.0 Å². The van der Waals surface area contributed by atoms with Crippen molar-refractivity contribution >= 4 is 0 Å². The molecule has 0 aromatic rings. The molecule has 2 rings (SSSR count). The Morgan fingerprint density at radius 2 is 1.67 bits per heavy atom. The molecule has 0 aromatic heterocycles. The molecule has 124 valence electrons. The maximum absolute atomic E-state index is 10.3. The van der Waals surface area contributed by atoms with Crippen LogP contribution in [0, 0.1) is 5.92 Å². The number of hydrogen-bond acceptors (Lipinski definition) is 8. The summed E-state index contributed by atoms with van der Waals surface area (Å²) in [4.78, 5) is 0. The number of ether oxygens (including phenoxy) is 1. The van der Waals surface area contributed by atoms with Crippen molar-refractivity contribution in [3.63, 3.8) is 0 Å². The first kappa shape index (κ1) is 17.0. The Morgan fingerprint density at radius 3 is 2.29 bits per heavy atom. The van der Waals surface area contributed by atoms with Crippen molar-refractivity contribution in [2.45, 2.75) is 67.8 Å². The SMILES string of the molecule is N[C@H](CO)[C@@H]1CC[C@@H](N)[C@@H](C2C(O)[C@@H](O)[C@H](N)C[C@@H]2N)O1. The van der Waals surface area contributed by atoms with Crippen LogP contribution in [0.15, 0.2) is 0 Å². The van der Waals surface area contributed by atoms with Gasteiger partial charge in [0.1, 0.15) is 0 Å². The van der Waals surface area contributed by atoms with Crippen molar-refractivity contribution in [2.75, 3.05) is 6.61 Å². The Labute approximate surface area is 124 Å². The third kappa shape index (κ3) is 3.38. The quantitative estimate of drug-likeness (QED) is 0.282. The Morgan fingerprint density at radius 1 is 1.00 bits per heavy atom. The van der Waals surface area contributed by atoms with Gasteiger partial charge in [0.25, 0.3) is 0 Å². The van der Waals surface area contributed by atoms with Gasteiger partial charge in [0.2, 0.25) is 0 Å². The zero-order valence-corrected chi connectivity index (χ0v) is 12.1. The van der Waals surface area contributed by atoms with Crippen LogP contribution in [0.2, 0.25) is 0 Å². The number of hydrogen-bond donors (Lipinski definition) is 7. The largest absolute Gasteiger partial charge is 0.395 e. The highest BCUT2D eigenvalue weighted by atomic mass is 16.5. The van der Waals surface area contributed by atoms with Crippen LogP contribution in [0.1, 0.15) is 19.3 Å². The number of aliphatic hydroxyl groups excluding tert-OH is 3. The highest BCUT2D eigenvalue weighted by Gasteiger charge is 2.48. The number of rotatable bonds is 3. The van der Waals surface area contributed by atoms with Gasteiger partial charge in [-0.25, -0.2) is 0 Å². The Balaban J connectivity index is 2.13. The van der Waals surface area contributed by atoms with Crippen molar-refractivity contribution in [1.82, 2.24) is 0 Å². The van der Waals surface area contributed by atoms with E-state index >= 15 is 0 Å². The second-order valence-electron chi connectivity index (χ2n) is 6.35. The van der Waals surface area contributed by atoms with Crippen molar-refractivity contribution < 1.29 is 20.1 Å². The smallest absolute Gasteiger partial charge is 0.0954 e. The van der Waals surface area contributed by atoms with Crippen LogP contribution >= 0.6 is 0 Å². The van der Waals surface area contributed by atoms with Crippen LogP contribution in [-0.2, 0) is 4.74 Å². The van der Waals surface area contributed by atoms with Crippen LogP contribution in [0.25, 0.3) is 0 Å². The molecule has 0 aromatic carbocycles. The summed E-state index contributed by atoms with van der Waals surface area (Å²) in [7, 11) is 0. The minimum atomic E-state index is -1.08. The van der Waals surface area contributed by atoms with Crippen molar-refractivity contribution in [1.29, 1.82) is 0 Å². The normalized spacial score (nSPS) is 49.9. The fraction of sp³-hybridized carbons (Fsp3) is 1.00. The van der Waals surface area contributed by atoms with E-state index in [-0.39, 0.29) is 18.8 Å². The van der Waals surface area contributed by atoms with Crippen molar-refractivity contribution in [2.24, 2.45) is 28.9 Å². The molecule has 9 atom stereocenters. The Kier molecular flexibility index (Phi) is 5.55. The topological polar surface area (TPSA) is 174 Å². The van der Waals surface area contributed by atoms with Gasteiger partial charge in [-0.05, 0) is 19.3 Å². The lowest BCUT2D eigenvalue weighted by molar-refractivity contribution is -0.158. The molecule has 11 N–H and O–H groups in total. The maximum Gasteiger partial charge on any atom is 0.0954 e. The lowest BCUT2D eigenvalue weighted by atomic mass is 9.72. The average molecular weight is 304 g/mol. The summed E-state index contributed by atoms with van der Waals surface area (Å²) in [5.41, 5.74) is 23.8.